The van der Waals surface area contributed by atoms with Crippen LogP contribution in [0.2, 0.25) is 0 Å². The minimum atomic E-state index is -0.109. The second kappa shape index (κ2) is 8.10. The summed E-state index contributed by atoms with van der Waals surface area (Å²) in [5.41, 5.74) is 0. The Bertz CT molecular complexity index is 322. The van der Waals surface area contributed by atoms with Crippen molar-refractivity contribution in [3.8, 4) is 0 Å². The van der Waals surface area contributed by atoms with E-state index < -0.39 is 0 Å². The molecule has 0 saturated carbocycles. The number of amides is 2. The first kappa shape index (κ1) is 15.0. The van der Waals surface area contributed by atoms with Crippen LogP contribution in [0.4, 0.5) is 0 Å². The molecular formula is C11H18N2O4S. The Hall–Kier alpha value is -1.08. The van der Waals surface area contributed by atoms with Crippen molar-refractivity contribution < 1.29 is 19.1 Å². The largest absolute Gasteiger partial charge is 0.370 e. The summed E-state index contributed by atoms with van der Waals surface area (Å²) in [7, 11) is 0. The highest BCUT2D eigenvalue weighted by Gasteiger charge is 2.17. The second-order valence-electron chi connectivity index (χ2n) is 3.98. The summed E-state index contributed by atoms with van der Waals surface area (Å²) in [5, 5.41) is 2.72. The van der Waals surface area contributed by atoms with Crippen LogP contribution in [0.5, 0.6) is 0 Å². The lowest BCUT2D eigenvalue weighted by Gasteiger charge is -2.26. The van der Waals surface area contributed by atoms with Crippen LogP contribution < -0.4 is 5.32 Å². The van der Waals surface area contributed by atoms with Gasteiger partial charge >= 0.3 is 0 Å². The van der Waals surface area contributed by atoms with Crippen LogP contribution >= 0.6 is 11.8 Å². The third kappa shape index (κ3) is 6.02. The van der Waals surface area contributed by atoms with Gasteiger partial charge in [-0.25, -0.2) is 0 Å². The number of nitrogens with one attached hydrogen (secondary N) is 1. The zero-order chi connectivity index (χ0) is 13.4. The Morgan fingerprint density at radius 3 is 2.89 bits per heavy atom. The fourth-order valence-electron chi connectivity index (χ4n) is 1.46. The Labute approximate surface area is 110 Å². The number of ether oxygens (including phenoxy) is 1. The number of nitrogens with zero attached hydrogens (tertiary/aromatic N) is 1. The number of hydrogen-bond acceptors (Lipinski definition) is 5. The van der Waals surface area contributed by atoms with Crippen molar-refractivity contribution in [2.24, 2.45) is 0 Å². The molecule has 0 aromatic heterocycles. The summed E-state index contributed by atoms with van der Waals surface area (Å²) in [6.07, 6.45) is 0. The van der Waals surface area contributed by atoms with E-state index in [1.165, 1.54) is 18.7 Å². The van der Waals surface area contributed by atoms with Crippen LogP contribution in [0, 0.1) is 0 Å². The molecule has 1 N–H and O–H groups in total. The molecule has 1 aliphatic heterocycles. The summed E-state index contributed by atoms with van der Waals surface area (Å²) in [5.74, 6) is 0.543. The van der Waals surface area contributed by atoms with Crippen LogP contribution in [0.25, 0.3) is 0 Å². The molecule has 0 aliphatic carbocycles. The van der Waals surface area contributed by atoms with Gasteiger partial charge in [0.25, 0.3) is 0 Å². The minimum absolute atomic E-state index is 0.0403. The molecule has 0 atom stereocenters. The van der Waals surface area contributed by atoms with E-state index in [1.807, 2.05) is 0 Å². The molecule has 1 heterocycles. The minimum Gasteiger partial charge on any atom is -0.370 e. The lowest BCUT2D eigenvalue weighted by Crippen LogP contribution is -2.45. The van der Waals surface area contributed by atoms with Crippen molar-refractivity contribution in [2.45, 2.75) is 6.92 Å². The Morgan fingerprint density at radius 2 is 2.22 bits per heavy atom. The van der Waals surface area contributed by atoms with Crippen molar-refractivity contribution in [2.75, 3.05) is 44.4 Å². The van der Waals surface area contributed by atoms with E-state index in [0.717, 1.165) is 0 Å². The Balaban J connectivity index is 2.07. The molecule has 0 bridgehead atoms. The maximum absolute atomic E-state index is 11.4. The molecule has 1 rings (SSSR count). The van der Waals surface area contributed by atoms with E-state index in [-0.39, 0.29) is 30.0 Å². The van der Waals surface area contributed by atoms with Gasteiger partial charge < -0.3 is 15.0 Å². The van der Waals surface area contributed by atoms with Crippen molar-refractivity contribution in [3.05, 3.63) is 0 Å². The molecule has 0 unspecified atom stereocenters. The highest BCUT2D eigenvalue weighted by molar-refractivity contribution is 8.00. The smallest absolute Gasteiger partial charge is 0.248 e. The van der Waals surface area contributed by atoms with Crippen molar-refractivity contribution in [1.29, 1.82) is 0 Å². The highest BCUT2D eigenvalue weighted by atomic mass is 32.2. The molecule has 2 amide bonds. The summed E-state index contributed by atoms with van der Waals surface area (Å²) in [6.45, 7) is 3.69. The van der Waals surface area contributed by atoms with E-state index in [1.54, 1.807) is 4.90 Å². The summed E-state index contributed by atoms with van der Waals surface area (Å²) in [4.78, 5) is 35.1. The molecule has 6 nitrogen and oxygen atoms in total. The number of Topliss-reactive ketones (excluding diaryl/α,β-unsaturated/α-hetero) is 1. The fraction of sp³-hybridized carbons (Fsp3) is 0.727. The quantitative estimate of drug-likeness (QED) is 0.663. The second-order valence-corrected chi connectivity index (χ2v) is 4.96. The number of ketones is 1. The maximum Gasteiger partial charge on any atom is 0.248 e. The number of carbonyl (C=O) groups excluding carboxylic acids is 3. The van der Waals surface area contributed by atoms with E-state index in [2.05, 4.69) is 5.32 Å². The van der Waals surface area contributed by atoms with Gasteiger partial charge in [0, 0.05) is 19.6 Å². The standard InChI is InChI=1S/C11H18N2O4S/c1-9(14)7-18-8-10(15)12-2-3-13-4-5-17-6-11(13)16/h2-8H2,1H3,(H,12,15). The van der Waals surface area contributed by atoms with Crippen LogP contribution in [0.3, 0.4) is 0 Å². The van der Waals surface area contributed by atoms with Crippen molar-refractivity contribution in [1.82, 2.24) is 10.2 Å². The van der Waals surface area contributed by atoms with Gasteiger partial charge in [0.1, 0.15) is 12.4 Å². The first-order valence-electron chi connectivity index (χ1n) is 5.79. The van der Waals surface area contributed by atoms with Gasteiger partial charge in [0.05, 0.1) is 18.1 Å². The third-order valence-corrected chi connectivity index (χ3v) is 3.40. The molecule has 0 aromatic rings. The zero-order valence-electron chi connectivity index (χ0n) is 10.4. The summed E-state index contributed by atoms with van der Waals surface area (Å²) < 4.78 is 5.00. The molecule has 0 radical (unpaired) electrons. The van der Waals surface area contributed by atoms with Gasteiger partial charge in [0.2, 0.25) is 11.8 Å². The van der Waals surface area contributed by atoms with Crippen LogP contribution in [-0.2, 0) is 19.1 Å². The van der Waals surface area contributed by atoms with Gasteiger partial charge in [-0.1, -0.05) is 0 Å². The van der Waals surface area contributed by atoms with Gasteiger partial charge in [-0.05, 0) is 6.92 Å². The predicted molar refractivity (Wildman–Crippen MR) is 68.4 cm³/mol. The Kier molecular flexibility index (Phi) is 6.74. The normalized spacial score (nSPS) is 15.6. The van der Waals surface area contributed by atoms with Gasteiger partial charge in [0.15, 0.2) is 0 Å². The van der Waals surface area contributed by atoms with Crippen molar-refractivity contribution in [3.63, 3.8) is 0 Å². The lowest BCUT2D eigenvalue weighted by molar-refractivity contribution is -0.142. The monoisotopic (exact) mass is 274 g/mol. The van der Waals surface area contributed by atoms with E-state index in [9.17, 15) is 14.4 Å². The van der Waals surface area contributed by atoms with Gasteiger partial charge in [-0.2, -0.15) is 0 Å². The summed E-state index contributed by atoms with van der Waals surface area (Å²) in [6, 6.07) is 0. The third-order valence-electron chi connectivity index (χ3n) is 2.33. The predicted octanol–water partition coefficient (Wildman–Crippen LogP) is -0.716. The average Bonchev–Trinajstić information content (AvgIpc) is 2.31. The van der Waals surface area contributed by atoms with Crippen LogP contribution in [-0.4, -0.2) is 66.9 Å². The Morgan fingerprint density at radius 1 is 1.44 bits per heavy atom. The molecule has 7 heteroatoms. The molecular weight excluding hydrogens is 256 g/mol. The highest BCUT2D eigenvalue weighted by Crippen LogP contribution is 1.99. The van der Waals surface area contributed by atoms with Crippen molar-refractivity contribution >= 4 is 29.4 Å². The number of hydrogen-bond donors (Lipinski definition) is 1. The number of rotatable bonds is 7. The average molecular weight is 274 g/mol. The van der Waals surface area contributed by atoms with E-state index in [0.29, 0.717) is 32.0 Å². The van der Waals surface area contributed by atoms with Gasteiger partial charge in [-0.15, -0.1) is 11.8 Å². The number of morpholine rings is 1. The topological polar surface area (TPSA) is 75.7 Å². The maximum atomic E-state index is 11.4. The number of carbonyl (C=O) groups is 3. The van der Waals surface area contributed by atoms with E-state index >= 15 is 0 Å². The first-order valence-corrected chi connectivity index (χ1v) is 6.94. The molecule has 102 valence electrons. The molecule has 1 saturated heterocycles. The zero-order valence-corrected chi connectivity index (χ0v) is 11.3. The fourth-order valence-corrected chi connectivity index (χ4v) is 2.13. The molecule has 1 fully saturated rings. The number of thioether (sulfide) groups is 1. The SMILES string of the molecule is CC(=O)CSCC(=O)NCCN1CCOCC1=O. The first-order chi connectivity index (χ1) is 8.59. The van der Waals surface area contributed by atoms with Crippen LogP contribution in [0.15, 0.2) is 0 Å². The molecule has 0 aromatic carbocycles. The molecule has 18 heavy (non-hydrogen) atoms. The lowest BCUT2D eigenvalue weighted by atomic mass is 10.4. The summed E-state index contributed by atoms with van der Waals surface area (Å²) >= 11 is 1.29. The molecule has 0 spiro atoms. The van der Waals surface area contributed by atoms with Gasteiger partial charge in [-0.3, -0.25) is 14.4 Å². The van der Waals surface area contributed by atoms with E-state index in [4.69, 9.17) is 4.74 Å². The molecule has 1 aliphatic rings. The van der Waals surface area contributed by atoms with Crippen LogP contribution in [0.1, 0.15) is 6.92 Å².